The van der Waals surface area contributed by atoms with Crippen LogP contribution in [0.2, 0.25) is 5.02 Å². The second-order valence-electron chi connectivity index (χ2n) is 9.49. The molecule has 0 saturated heterocycles. The topological polar surface area (TPSA) is 96.0 Å². The minimum Gasteiger partial charge on any atom is -0.497 e. The minimum absolute atomic E-state index is 0.0422. The molecule has 0 spiro atoms. The van der Waals surface area contributed by atoms with E-state index in [2.05, 4.69) is 5.32 Å². The zero-order valence-electron chi connectivity index (χ0n) is 22.5. The van der Waals surface area contributed by atoms with Crippen molar-refractivity contribution >= 4 is 39.1 Å². The molecule has 0 radical (unpaired) electrons. The van der Waals surface area contributed by atoms with Gasteiger partial charge in [-0.1, -0.05) is 55.8 Å². The molecule has 2 amide bonds. The maximum atomic E-state index is 13.9. The van der Waals surface area contributed by atoms with Crippen molar-refractivity contribution in [2.45, 2.75) is 38.3 Å². The summed E-state index contributed by atoms with van der Waals surface area (Å²) >= 11 is 6.03. The van der Waals surface area contributed by atoms with E-state index in [4.69, 9.17) is 16.3 Å². The van der Waals surface area contributed by atoms with Gasteiger partial charge < -0.3 is 15.0 Å². The summed E-state index contributed by atoms with van der Waals surface area (Å²) in [5.41, 5.74) is 1.04. The lowest BCUT2D eigenvalue weighted by Crippen LogP contribution is -2.51. The van der Waals surface area contributed by atoms with Crippen LogP contribution in [0, 0.1) is 5.92 Å². The Morgan fingerprint density at radius 2 is 1.54 bits per heavy atom. The summed E-state index contributed by atoms with van der Waals surface area (Å²) in [6.07, 6.45) is 0. The van der Waals surface area contributed by atoms with Gasteiger partial charge in [0.25, 0.3) is 10.0 Å². The van der Waals surface area contributed by atoms with Crippen LogP contribution in [-0.2, 0) is 26.2 Å². The van der Waals surface area contributed by atoms with Crippen molar-refractivity contribution in [1.82, 2.24) is 10.2 Å². The van der Waals surface area contributed by atoms with E-state index in [9.17, 15) is 18.0 Å². The van der Waals surface area contributed by atoms with Gasteiger partial charge in [-0.15, -0.1) is 0 Å². The number of hydrogen-bond acceptors (Lipinski definition) is 5. The second kappa shape index (κ2) is 13.5. The first-order chi connectivity index (χ1) is 18.5. The van der Waals surface area contributed by atoms with E-state index in [-0.39, 0.29) is 29.0 Å². The van der Waals surface area contributed by atoms with Crippen molar-refractivity contribution in [3.8, 4) is 5.75 Å². The Balaban J connectivity index is 1.99. The number of nitrogens with zero attached hydrogens (tertiary/aromatic N) is 2. The third-order valence-corrected chi connectivity index (χ3v) is 8.13. The molecule has 0 bridgehead atoms. The number of methoxy groups -OCH3 is 1. The summed E-state index contributed by atoms with van der Waals surface area (Å²) in [7, 11) is -2.61. The molecular weight excluding hydrogens is 538 g/mol. The van der Waals surface area contributed by atoms with Crippen LogP contribution in [0.3, 0.4) is 0 Å². The fourth-order valence-electron chi connectivity index (χ4n) is 3.82. The Morgan fingerprint density at radius 3 is 2.10 bits per heavy atom. The number of sulfonamides is 1. The number of anilines is 1. The van der Waals surface area contributed by atoms with E-state index >= 15 is 0 Å². The molecule has 0 fully saturated rings. The number of benzene rings is 3. The number of carbonyl (C=O) groups is 2. The van der Waals surface area contributed by atoms with E-state index in [1.54, 1.807) is 73.7 Å². The molecule has 0 aromatic heterocycles. The van der Waals surface area contributed by atoms with Crippen LogP contribution in [0.5, 0.6) is 5.75 Å². The third kappa shape index (κ3) is 7.97. The van der Waals surface area contributed by atoms with Gasteiger partial charge in [-0.25, -0.2) is 8.42 Å². The molecular formula is C29H34ClN3O5S. The van der Waals surface area contributed by atoms with Gasteiger partial charge in [-0.2, -0.15) is 0 Å². The average Bonchev–Trinajstić information content (AvgIpc) is 2.94. The molecule has 3 rings (SSSR count). The Bertz CT molecular complexity index is 1350. The number of nitrogens with one attached hydrogen (secondary N) is 1. The van der Waals surface area contributed by atoms with Crippen LogP contribution in [0.15, 0.2) is 83.8 Å². The fourth-order valence-corrected chi connectivity index (χ4v) is 5.38. The normalized spacial score (nSPS) is 12.1. The van der Waals surface area contributed by atoms with Crippen molar-refractivity contribution in [2.75, 3.05) is 24.5 Å². The van der Waals surface area contributed by atoms with Gasteiger partial charge in [-0.3, -0.25) is 13.9 Å². The minimum atomic E-state index is -4.12. The monoisotopic (exact) mass is 571 g/mol. The number of carbonyl (C=O) groups excluding carboxylic acids is 2. The molecule has 39 heavy (non-hydrogen) atoms. The predicted molar refractivity (Wildman–Crippen MR) is 153 cm³/mol. The average molecular weight is 572 g/mol. The van der Waals surface area contributed by atoms with E-state index < -0.39 is 28.5 Å². The molecule has 0 saturated carbocycles. The van der Waals surface area contributed by atoms with E-state index in [1.807, 2.05) is 13.8 Å². The molecule has 0 aliphatic heterocycles. The molecule has 0 aliphatic carbocycles. The molecule has 0 unspecified atom stereocenters. The Hall–Kier alpha value is -3.56. The van der Waals surface area contributed by atoms with E-state index in [0.717, 1.165) is 9.87 Å². The highest BCUT2D eigenvalue weighted by atomic mass is 35.5. The van der Waals surface area contributed by atoms with E-state index in [1.165, 1.54) is 24.1 Å². The van der Waals surface area contributed by atoms with Crippen molar-refractivity contribution in [2.24, 2.45) is 5.92 Å². The molecule has 0 heterocycles. The summed E-state index contributed by atoms with van der Waals surface area (Å²) in [6, 6.07) is 20.4. The van der Waals surface area contributed by atoms with Crippen LogP contribution in [-0.4, -0.2) is 51.4 Å². The summed E-state index contributed by atoms with van der Waals surface area (Å²) < 4.78 is 33.8. The largest absolute Gasteiger partial charge is 0.497 e. The van der Waals surface area contributed by atoms with Crippen LogP contribution in [0.25, 0.3) is 0 Å². The van der Waals surface area contributed by atoms with Crippen LogP contribution in [0.4, 0.5) is 5.69 Å². The molecule has 3 aromatic rings. The first-order valence-electron chi connectivity index (χ1n) is 12.6. The van der Waals surface area contributed by atoms with Crippen LogP contribution in [0.1, 0.15) is 26.3 Å². The zero-order chi connectivity index (χ0) is 28.6. The van der Waals surface area contributed by atoms with Crippen molar-refractivity contribution in [3.05, 3.63) is 89.4 Å². The third-order valence-electron chi connectivity index (χ3n) is 6.09. The fraction of sp³-hybridized carbons (Fsp3) is 0.310. The van der Waals surface area contributed by atoms with Crippen molar-refractivity contribution < 1.29 is 22.7 Å². The van der Waals surface area contributed by atoms with Crippen LogP contribution >= 0.6 is 11.6 Å². The summed E-state index contributed by atoms with van der Waals surface area (Å²) in [6.45, 7) is 5.61. The van der Waals surface area contributed by atoms with Gasteiger partial charge in [-0.05, 0) is 66.9 Å². The highest BCUT2D eigenvalue weighted by Gasteiger charge is 2.32. The second-order valence-corrected chi connectivity index (χ2v) is 11.8. The zero-order valence-corrected chi connectivity index (χ0v) is 24.1. The van der Waals surface area contributed by atoms with Gasteiger partial charge in [0.05, 0.1) is 17.7 Å². The standard InChI is InChI=1S/C29H34ClN3O5S/c1-21(2)18-31-29(35)22(3)32(19-23-10-12-24(30)13-11-23)28(34)20-33(25-14-16-26(38-4)17-15-25)39(36,37)27-8-6-5-7-9-27/h5-17,21-22H,18-20H2,1-4H3,(H,31,35)/t22-/m1/s1. The van der Waals surface area contributed by atoms with Gasteiger partial charge in [0.1, 0.15) is 18.3 Å². The number of halogens is 1. The first-order valence-corrected chi connectivity index (χ1v) is 14.4. The lowest BCUT2D eigenvalue weighted by molar-refractivity contribution is -0.139. The van der Waals surface area contributed by atoms with Crippen molar-refractivity contribution in [1.29, 1.82) is 0 Å². The number of ether oxygens (including phenoxy) is 1. The number of rotatable bonds is 12. The summed E-state index contributed by atoms with van der Waals surface area (Å²) in [5, 5.41) is 3.41. The molecule has 10 heteroatoms. The SMILES string of the molecule is COc1ccc(N(CC(=O)N(Cc2ccc(Cl)cc2)[C@H](C)C(=O)NCC(C)C)S(=O)(=O)c2ccccc2)cc1. The molecule has 1 atom stereocenters. The predicted octanol–water partition coefficient (Wildman–Crippen LogP) is 4.73. The van der Waals surface area contributed by atoms with Gasteiger partial charge in [0.15, 0.2) is 0 Å². The number of amides is 2. The van der Waals surface area contributed by atoms with E-state index in [0.29, 0.717) is 17.3 Å². The lowest BCUT2D eigenvalue weighted by Gasteiger charge is -2.32. The first kappa shape index (κ1) is 30.0. The van der Waals surface area contributed by atoms with Gasteiger partial charge >= 0.3 is 0 Å². The summed E-state index contributed by atoms with van der Waals surface area (Å²) in [5.74, 6) is -0.0921. The van der Waals surface area contributed by atoms with Gasteiger partial charge in [0.2, 0.25) is 11.8 Å². The highest BCUT2D eigenvalue weighted by Crippen LogP contribution is 2.26. The summed E-state index contributed by atoms with van der Waals surface area (Å²) in [4.78, 5) is 28.3. The molecule has 0 aliphatic rings. The van der Waals surface area contributed by atoms with Crippen molar-refractivity contribution in [3.63, 3.8) is 0 Å². The smallest absolute Gasteiger partial charge is 0.264 e. The van der Waals surface area contributed by atoms with Crippen LogP contribution < -0.4 is 14.4 Å². The van der Waals surface area contributed by atoms with Gasteiger partial charge in [0, 0.05) is 18.1 Å². The molecule has 208 valence electrons. The Morgan fingerprint density at radius 1 is 0.923 bits per heavy atom. The number of hydrogen-bond donors (Lipinski definition) is 1. The highest BCUT2D eigenvalue weighted by molar-refractivity contribution is 7.92. The molecule has 8 nitrogen and oxygen atoms in total. The quantitative estimate of drug-likeness (QED) is 0.339. The lowest BCUT2D eigenvalue weighted by atomic mass is 10.1. The molecule has 3 aromatic carbocycles. The Kier molecular flexibility index (Phi) is 10.4. The maximum absolute atomic E-state index is 13.9. The molecule has 1 N–H and O–H groups in total. The Labute approximate surface area is 235 Å². The maximum Gasteiger partial charge on any atom is 0.264 e.